The van der Waals surface area contributed by atoms with Gasteiger partial charge < -0.3 is 10.1 Å². The summed E-state index contributed by atoms with van der Waals surface area (Å²) in [6.45, 7) is 4.56. The Morgan fingerprint density at radius 2 is 1.94 bits per heavy atom. The second-order valence-corrected chi connectivity index (χ2v) is 6.60. The number of esters is 1. The molecule has 0 aromatic heterocycles. The van der Waals surface area contributed by atoms with Gasteiger partial charge in [0.05, 0.1) is 12.5 Å². The second kappa shape index (κ2) is 6.64. The Balaban J connectivity index is 2.30. The molecule has 0 spiro atoms. The number of carbonyl (C=O) groups excluding carboxylic acids is 1. The highest BCUT2D eigenvalue weighted by molar-refractivity contribution is 7.99. The minimum Gasteiger partial charge on any atom is -0.469 e. The van der Waals surface area contributed by atoms with Gasteiger partial charge in [-0.1, -0.05) is 0 Å². The molecule has 0 saturated heterocycles. The highest BCUT2D eigenvalue weighted by Crippen LogP contribution is 2.27. The first-order valence-electron chi connectivity index (χ1n) is 6.34. The lowest BCUT2D eigenvalue weighted by Gasteiger charge is -2.31. The van der Waals surface area contributed by atoms with E-state index < -0.39 is 5.41 Å². The van der Waals surface area contributed by atoms with Gasteiger partial charge in [-0.2, -0.15) is 11.8 Å². The van der Waals surface area contributed by atoms with Crippen LogP contribution in [-0.2, 0) is 9.53 Å². The van der Waals surface area contributed by atoms with E-state index in [0.29, 0.717) is 12.6 Å². The number of methoxy groups -OCH3 is 1. The van der Waals surface area contributed by atoms with E-state index in [1.54, 1.807) is 0 Å². The Labute approximate surface area is 109 Å². The highest BCUT2D eigenvalue weighted by atomic mass is 32.2. The van der Waals surface area contributed by atoms with Gasteiger partial charge in [-0.05, 0) is 45.8 Å². The first-order valence-corrected chi connectivity index (χ1v) is 7.63. The molecule has 0 atom stereocenters. The molecule has 3 nitrogen and oxygen atoms in total. The summed E-state index contributed by atoms with van der Waals surface area (Å²) in [6, 6.07) is 0.572. The van der Waals surface area contributed by atoms with E-state index >= 15 is 0 Å². The smallest absolute Gasteiger partial charge is 0.312 e. The fourth-order valence-electron chi connectivity index (χ4n) is 2.25. The predicted molar refractivity (Wildman–Crippen MR) is 73.4 cm³/mol. The van der Waals surface area contributed by atoms with Crippen molar-refractivity contribution in [3.05, 3.63) is 0 Å². The van der Waals surface area contributed by atoms with E-state index in [1.165, 1.54) is 32.8 Å². The Kier molecular flexibility index (Phi) is 5.80. The molecule has 1 fully saturated rings. The van der Waals surface area contributed by atoms with Gasteiger partial charge in [-0.25, -0.2) is 0 Å². The van der Waals surface area contributed by atoms with Crippen LogP contribution in [0.25, 0.3) is 0 Å². The van der Waals surface area contributed by atoms with E-state index in [9.17, 15) is 4.79 Å². The molecule has 0 heterocycles. The maximum absolute atomic E-state index is 11.5. The van der Waals surface area contributed by atoms with Crippen LogP contribution in [0.15, 0.2) is 0 Å². The van der Waals surface area contributed by atoms with Crippen LogP contribution < -0.4 is 5.32 Å². The zero-order valence-electron chi connectivity index (χ0n) is 11.4. The molecule has 1 rings (SSSR count). The lowest BCUT2D eigenvalue weighted by Crippen LogP contribution is -2.43. The third kappa shape index (κ3) is 4.51. The van der Waals surface area contributed by atoms with Crippen LogP contribution in [0.5, 0.6) is 0 Å². The van der Waals surface area contributed by atoms with Crippen LogP contribution >= 0.6 is 11.8 Å². The van der Waals surface area contributed by atoms with E-state index in [0.717, 1.165) is 5.25 Å². The molecule has 0 aromatic rings. The lowest BCUT2D eigenvalue weighted by atomic mass is 9.90. The third-order valence-electron chi connectivity index (χ3n) is 3.58. The topological polar surface area (TPSA) is 38.3 Å². The summed E-state index contributed by atoms with van der Waals surface area (Å²) in [5.41, 5.74) is -0.425. The number of rotatable bonds is 5. The SMILES string of the molecule is COC(=O)C(C)(C)CNC1CCC(SC)CC1. The number of hydrogen-bond donors (Lipinski definition) is 1. The summed E-state index contributed by atoms with van der Waals surface area (Å²) in [5.74, 6) is -0.136. The molecule has 0 radical (unpaired) electrons. The van der Waals surface area contributed by atoms with Crippen LogP contribution in [0, 0.1) is 5.41 Å². The highest BCUT2D eigenvalue weighted by Gasteiger charge is 2.30. The summed E-state index contributed by atoms with van der Waals surface area (Å²) >= 11 is 1.98. The lowest BCUT2D eigenvalue weighted by molar-refractivity contribution is -0.150. The summed E-state index contributed by atoms with van der Waals surface area (Å²) in [6.07, 6.45) is 7.22. The molecule has 100 valence electrons. The van der Waals surface area contributed by atoms with Gasteiger partial charge in [-0.3, -0.25) is 4.79 Å². The normalized spacial score (nSPS) is 25.6. The summed E-state index contributed by atoms with van der Waals surface area (Å²) < 4.78 is 4.81. The average molecular weight is 259 g/mol. The molecule has 1 aliphatic carbocycles. The van der Waals surface area contributed by atoms with Gasteiger partial charge in [0.2, 0.25) is 0 Å². The van der Waals surface area contributed by atoms with E-state index in [-0.39, 0.29) is 5.97 Å². The number of hydrogen-bond acceptors (Lipinski definition) is 4. The van der Waals surface area contributed by atoms with Crippen molar-refractivity contribution in [2.75, 3.05) is 19.9 Å². The van der Waals surface area contributed by atoms with Crippen LogP contribution in [0.1, 0.15) is 39.5 Å². The first-order chi connectivity index (χ1) is 7.99. The molecular formula is C13H25NO2S. The van der Waals surface area contributed by atoms with Crippen molar-refractivity contribution >= 4 is 17.7 Å². The quantitative estimate of drug-likeness (QED) is 0.770. The molecular weight excluding hydrogens is 234 g/mol. The average Bonchev–Trinajstić information content (AvgIpc) is 2.36. The molecule has 1 N–H and O–H groups in total. The molecule has 0 aliphatic heterocycles. The first kappa shape index (κ1) is 14.8. The Morgan fingerprint density at radius 3 is 2.41 bits per heavy atom. The second-order valence-electron chi connectivity index (χ2n) is 5.47. The maximum atomic E-state index is 11.5. The maximum Gasteiger partial charge on any atom is 0.312 e. The van der Waals surface area contributed by atoms with Crippen molar-refractivity contribution in [1.29, 1.82) is 0 Å². The van der Waals surface area contributed by atoms with Crippen molar-refractivity contribution < 1.29 is 9.53 Å². The molecule has 1 saturated carbocycles. The minimum absolute atomic E-state index is 0.136. The fourth-order valence-corrected chi connectivity index (χ4v) is 2.99. The van der Waals surface area contributed by atoms with Crippen LogP contribution in [0.2, 0.25) is 0 Å². The Hall–Kier alpha value is -0.220. The van der Waals surface area contributed by atoms with Crippen molar-refractivity contribution in [2.24, 2.45) is 5.41 Å². The Morgan fingerprint density at radius 1 is 1.35 bits per heavy atom. The van der Waals surface area contributed by atoms with E-state index in [1.807, 2.05) is 25.6 Å². The number of ether oxygens (including phenoxy) is 1. The molecule has 0 amide bonds. The van der Waals surface area contributed by atoms with Crippen molar-refractivity contribution in [3.8, 4) is 0 Å². The zero-order valence-corrected chi connectivity index (χ0v) is 12.2. The van der Waals surface area contributed by atoms with Gasteiger partial charge in [0.1, 0.15) is 0 Å². The molecule has 17 heavy (non-hydrogen) atoms. The van der Waals surface area contributed by atoms with E-state index in [4.69, 9.17) is 4.74 Å². The van der Waals surface area contributed by atoms with Gasteiger partial charge >= 0.3 is 5.97 Å². The molecule has 4 heteroatoms. The number of thioether (sulfide) groups is 1. The molecule has 0 aromatic carbocycles. The van der Waals surface area contributed by atoms with Crippen LogP contribution in [-0.4, -0.2) is 37.2 Å². The number of nitrogens with one attached hydrogen (secondary N) is 1. The molecule has 1 aliphatic rings. The molecule has 0 bridgehead atoms. The van der Waals surface area contributed by atoms with Crippen molar-refractivity contribution in [3.63, 3.8) is 0 Å². The van der Waals surface area contributed by atoms with Gasteiger partial charge in [0, 0.05) is 17.8 Å². The fraction of sp³-hybridized carbons (Fsp3) is 0.923. The zero-order chi connectivity index (χ0) is 12.9. The summed E-state index contributed by atoms with van der Waals surface area (Å²) in [4.78, 5) is 11.5. The number of carbonyl (C=O) groups is 1. The minimum atomic E-state index is -0.425. The standard InChI is InChI=1S/C13H25NO2S/c1-13(2,12(15)16-3)9-14-10-5-7-11(17-4)8-6-10/h10-11,14H,5-9H2,1-4H3. The van der Waals surface area contributed by atoms with Crippen LogP contribution in [0.4, 0.5) is 0 Å². The van der Waals surface area contributed by atoms with Crippen molar-refractivity contribution in [2.45, 2.75) is 50.8 Å². The summed E-state index contributed by atoms with van der Waals surface area (Å²) in [7, 11) is 1.45. The van der Waals surface area contributed by atoms with Crippen LogP contribution in [0.3, 0.4) is 0 Å². The molecule has 0 unspecified atom stereocenters. The van der Waals surface area contributed by atoms with Crippen molar-refractivity contribution in [1.82, 2.24) is 5.32 Å². The van der Waals surface area contributed by atoms with Gasteiger partial charge in [0.25, 0.3) is 0 Å². The van der Waals surface area contributed by atoms with E-state index in [2.05, 4.69) is 11.6 Å². The predicted octanol–water partition coefficient (Wildman–Crippen LogP) is 2.45. The Bertz CT molecular complexity index is 248. The summed E-state index contributed by atoms with van der Waals surface area (Å²) in [5, 5.41) is 4.35. The van der Waals surface area contributed by atoms with Gasteiger partial charge in [0.15, 0.2) is 0 Å². The van der Waals surface area contributed by atoms with Gasteiger partial charge in [-0.15, -0.1) is 0 Å². The largest absolute Gasteiger partial charge is 0.469 e. The third-order valence-corrected chi connectivity index (χ3v) is 4.72. The monoisotopic (exact) mass is 259 g/mol.